The SMILES string of the molecule is CCNCc1ccc(C(C)C)cc1F. The third kappa shape index (κ3) is 2.81. The van der Waals surface area contributed by atoms with Crippen molar-refractivity contribution in [1.82, 2.24) is 5.32 Å². The van der Waals surface area contributed by atoms with Crippen molar-refractivity contribution in [1.29, 1.82) is 0 Å². The first-order valence-corrected chi connectivity index (χ1v) is 5.14. The van der Waals surface area contributed by atoms with E-state index in [9.17, 15) is 4.39 Å². The molecule has 1 N–H and O–H groups in total. The lowest BCUT2D eigenvalue weighted by Gasteiger charge is -2.08. The Balaban J connectivity index is 2.79. The number of nitrogens with one attached hydrogen (secondary N) is 1. The molecule has 0 amide bonds. The topological polar surface area (TPSA) is 12.0 Å². The van der Waals surface area contributed by atoms with Gasteiger partial charge in [-0.15, -0.1) is 0 Å². The molecular formula is C12H18FN. The Morgan fingerprint density at radius 1 is 1.36 bits per heavy atom. The van der Waals surface area contributed by atoms with Crippen LogP contribution in [0.5, 0.6) is 0 Å². The van der Waals surface area contributed by atoms with Crippen molar-refractivity contribution in [3.63, 3.8) is 0 Å². The van der Waals surface area contributed by atoms with E-state index in [1.165, 1.54) is 0 Å². The van der Waals surface area contributed by atoms with Crippen molar-refractivity contribution >= 4 is 0 Å². The monoisotopic (exact) mass is 195 g/mol. The van der Waals surface area contributed by atoms with E-state index in [2.05, 4.69) is 19.2 Å². The van der Waals surface area contributed by atoms with E-state index in [1.807, 2.05) is 19.1 Å². The highest BCUT2D eigenvalue weighted by Gasteiger charge is 2.05. The van der Waals surface area contributed by atoms with Crippen LogP contribution >= 0.6 is 0 Å². The van der Waals surface area contributed by atoms with Crippen LogP contribution in [0.2, 0.25) is 0 Å². The third-order valence-electron chi connectivity index (χ3n) is 2.31. The Labute approximate surface area is 85.3 Å². The van der Waals surface area contributed by atoms with Gasteiger partial charge in [0.05, 0.1) is 0 Å². The van der Waals surface area contributed by atoms with Gasteiger partial charge in [0.2, 0.25) is 0 Å². The fourth-order valence-corrected chi connectivity index (χ4v) is 1.33. The standard InChI is InChI=1S/C12H18FN/c1-4-14-8-11-6-5-10(9(2)3)7-12(11)13/h5-7,9,14H,4,8H2,1-3H3. The predicted molar refractivity (Wildman–Crippen MR) is 57.9 cm³/mol. The third-order valence-corrected chi connectivity index (χ3v) is 2.31. The zero-order valence-electron chi connectivity index (χ0n) is 9.10. The maximum atomic E-state index is 13.5. The number of hydrogen-bond acceptors (Lipinski definition) is 1. The van der Waals surface area contributed by atoms with Gasteiger partial charge in [-0.3, -0.25) is 0 Å². The van der Waals surface area contributed by atoms with Crippen LogP contribution in [-0.4, -0.2) is 6.54 Å². The quantitative estimate of drug-likeness (QED) is 0.778. The minimum Gasteiger partial charge on any atom is -0.313 e. The van der Waals surface area contributed by atoms with Crippen LogP contribution in [0.1, 0.15) is 37.8 Å². The molecule has 0 fully saturated rings. The second kappa shape index (κ2) is 5.11. The predicted octanol–water partition coefficient (Wildman–Crippen LogP) is 3.06. The fourth-order valence-electron chi connectivity index (χ4n) is 1.33. The molecule has 0 spiro atoms. The lowest BCUT2D eigenvalue weighted by molar-refractivity contribution is 0.589. The highest BCUT2D eigenvalue weighted by Crippen LogP contribution is 2.17. The maximum absolute atomic E-state index is 13.5. The van der Waals surface area contributed by atoms with E-state index in [0.29, 0.717) is 12.5 Å². The van der Waals surface area contributed by atoms with Crippen LogP contribution in [0.25, 0.3) is 0 Å². The van der Waals surface area contributed by atoms with Crippen LogP contribution in [0, 0.1) is 5.82 Å². The lowest BCUT2D eigenvalue weighted by atomic mass is 10.0. The molecule has 78 valence electrons. The summed E-state index contributed by atoms with van der Waals surface area (Å²) >= 11 is 0. The zero-order chi connectivity index (χ0) is 10.6. The molecule has 1 nitrogen and oxygen atoms in total. The van der Waals surface area contributed by atoms with Gasteiger partial charge < -0.3 is 5.32 Å². The van der Waals surface area contributed by atoms with E-state index in [0.717, 1.165) is 17.7 Å². The van der Waals surface area contributed by atoms with Crippen LogP contribution in [0.15, 0.2) is 18.2 Å². The molecule has 0 heterocycles. The Bertz CT molecular complexity index is 294. The molecule has 14 heavy (non-hydrogen) atoms. The molecule has 0 atom stereocenters. The van der Waals surface area contributed by atoms with Gasteiger partial charge >= 0.3 is 0 Å². The first-order valence-electron chi connectivity index (χ1n) is 5.14. The molecule has 1 rings (SSSR count). The van der Waals surface area contributed by atoms with E-state index in [-0.39, 0.29) is 5.82 Å². The molecule has 0 aliphatic heterocycles. The van der Waals surface area contributed by atoms with Crippen molar-refractivity contribution in [3.05, 3.63) is 35.1 Å². The molecule has 2 heteroatoms. The number of benzene rings is 1. The van der Waals surface area contributed by atoms with Crippen LogP contribution in [-0.2, 0) is 6.54 Å². The van der Waals surface area contributed by atoms with E-state index < -0.39 is 0 Å². The highest BCUT2D eigenvalue weighted by atomic mass is 19.1. The highest BCUT2D eigenvalue weighted by molar-refractivity contribution is 5.26. The molecule has 0 saturated heterocycles. The summed E-state index contributed by atoms with van der Waals surface area (Å²) in [7, 11) is 0. The number of rotatable bonds is 4. The van der Waals surface area contributed by atoms with E-state index >= 15 is 0 Å². The Kier molecular flexibility index (Phi) is 4.08. The van der Waals surface area contributed by atoms with Gasteiger partial charge in [-0.25, -0.2) is 4.39 Å². The molecule has 0 bridgehead atoms. The summed E-state index contributed by atoms with van der Waals surface area (Å²) in [6, 6.07) is 5.51. The summed E-state index contributed by atoms with van der Waals surface area (Å²) in [4.78, 5) is 0. The van der Waals surface area contributed by atoms with Crippen LogP contribution in [0.4, 0.5) is 4.39 Å². The maximum Gasteiger partial charge on any atom is 0.127 e. The normalized spacial score (nSPS) is 10.9. The van der Waals surface area contributed by atoms with Gasteiger partial charge in [-0.2, -0.15) is 0 Å². The summed E-state index contributed by atoms with van der Waals surface area (Å²) in [6.45, 7) is 7.63. The van der Waals surface area contributed by atoms with E-state index in [4.69, 9.17) is 0 Å². The van der Waals surface area contributed by atoms with Crippen LogP contribution < -0.4 is 5.32 Å². The minimum atomic E-state index is -0.0999. The van der Waals surface area contributed by atoms with Gasteiger partial charge in [0.25, 0.3) is 0 Å². The summed E-state index contributed by atoms with van der Waals surface area (Å²) in [5.41, 5.74) is 1.80. The molecule has 1 aromatic rings. The molecule has 0 radical (unpaired) electrons. The average molecular weight is 195 g/mol. The number of halogens is 1. The second-order valence-corrected chi connectivity index (χ2v) is 3.79. The Morgan fingerprint density at radius 3 is 2.57 bits per heavy atom. The minimum absolute atomic E-state index is 0.0999. The van der Waals surface area contributed by atoms with Crippen molar-refractivity contribution in [2.45, 2.75) is 33.2 Å². The Morgan fingerprint density at radius 2 is 2.07 bits per heavy atom. The second-order valence-electron chi connectivity index (χ2n) is 3.79. The van der Waals surface area contributed by atoms with Crippen molar-refractivity contribution in [2.24, 2.45) is 0 Å². The van der Waals surface area contributed by atoms with Crippen molar-refractivity contribution < 1.29 is 4.39 Å². The fraction of sp³-hybridized carbons (Fsp3) is 0.500. The first-order chi connectivity index (χ1) is 6.65. The van der Waals surface area contributed by atoms with Gasteiger partial charge in [0.15, 0.2) is 0 Å². The summed E-state index contributed by atoms with van der Waals surface area (Å²) < 4.78 is 13.5. The van der Waals surface area contributed by atoms with Gasteiger partial charge in [0, 0.05) is 12.1 Å². The molecule has 0 unspecified atom stereocenters. The zero-order valence-corrected chi connectivity index (χ0v) is 9.10. The van der Waals surface area contributed by atoms with Crippen molar-refractivity contribution in [3.8, 4) is 0 Å². The Hall–Kier alpha value is -0.890. The smallest absolute Gasteiger partial charge is 0.127 e. The summed E-state index contributed by atoms with van der Waals surface area (Å²) in [5.74, 6) is 0.287. The number of hydrogen-bond donors (Lipinski definition) is 1. The molecule has 0 saturated carbocycles. The van der Waals surface area contributed by atoms with Gasteiger partial charge in [-0.1, -0.05) is 32.9 Å². The van der Waals surface area contributed by atoms with Crippen LogP contribution in [0.3, 0.4) is 0 Å². The van der Waals surface area contributed by atoms with Crippen molar-refractivity contribution in [2.75, 3.05) is 6.54 Å². The average Bonchev–Trinajstić information content (AvgIpc) is 2.15. The first kappa shape index (κ1) is 11.2. The molecule has 0 aliphatic rings. The molecule has 1 aromatic carbocycles. The van der Waals surface area contributed by atoms with Gasteiger partial charge in [0.1, 0.15) is 5.82 Å². The molecular weight excluding hydrogens is 177 g/mol. The molecule has 0 aromatic heterocycles. The largest absolute Gasteiger partial charge is 0.313 e. The summed E-state index contributed by atoms with van der Waals surface area (Å²) in [5, 5.41) is 3.11. The van der Waals surface area contributed by atoms with Gasteiger partial charge in [-0.05, 0) is 24.1 Å². The molecule has 0 aliphatic carbocycles. The lowest BCUT2D eigenvalue weighted by Crippen LogP contribution is -2.13. The summed E-state index contributed by atoms with van der Waals surface area (Å²) in [6.07, 6.45) is 0. The van der Waals surface area contributed by atoms with E-state index in [1.54, 1.807) is 6.07 Å².